The Morgan fingerprint density at radius 2 is 1.50 bits per heavy atom. The highest BCUT2D eigenvalue weighted by molar-refractivity contribution is 5.88. The molecule has 42 heavy (non-hydrogen) atoms. The maximum atomic E-state index is 12.8. The van der Waals surface area contributed by atoms with Crippen molar-refractivity contribution in [3.05, 3.63) is 72.8 Å². The molecule has 2 aromatic carbocycles. The monoisotopic (exact) mass is 577 g/mol. The molecule has 2 atom stereocenters. The fourth-order valence-corrected chi connectivity index (χ4v) is 4.76. The number of hydrogen-bond acceptors (Lipinski definition) is 7. The van der Waals surface area contributed by atoms with Crippen molar-refractivity contribution < 1.29 is 33.7 Å². The first-order valence-corrected chi connectivity index (χ1v) is 14.0. The van der Waals surface area contributed by atoms with Crippen molar-refractivity contribution in [1.29, 1.82) is 0 Å². The van der Waals surface area contributed by atoms with Gasteiger partial charge in [-0.3, -0.25) is 4.79 Å². The predicted molar refractivity (Wildman–Crippen MR) is 156 cm³/mol. The Balaban J connectivity index is 1.41. The average Bonchev–Trinajstić information content (AvgIpc) is 3.41. The molecule has 2 unspecified atom stereocenters. The van der Waals surface area contributed by atoms with Crippen LogP contribution in [0.1, 0.15) is 66.5 Å². The highest BCUT2D eigenvalue weighted by Gasteiger charge is 2.62. The van der Waals surface area contributed by atoms with E-state index in [9.17, 15) is 19.5 Å². The number of carbonyl (C=O) groups is 3. The number of amides is 2. The van der Waals surface area contributed by atoms with Crippen LogP contribution in [0.15, 0.2) is 67.1 Å². The van der Waals surface area contributed by atoms with E-state index in [2.05, 4.69) is 4.98 Å². The van der Waals surface area contributed by atoms with Crippen LogP contribution in [-0.4, -0.2) is 55.5 Å². The highest BCUT2D eigenvalue weighted by atomic mass is 16.6. The first-order valence-electron chi connectivity index (χ1n) is 14.0. The van der Waals surface area contributed by atoms with Crippen LogP contribution >= 0.6 is 0 Å². The van der Waals surface area contributed by atoms with Gasteiger partial charge in [-0.05, 0) is 103 Å². The average molecular weight is 578 g/mol. The molecule has 2 amide bonds. The van der Waals surface area contributed by atoms with Crippen LogP contribution in [0.5, 0.6) is 11.5 Å². The summed E-state index contributed by atoms with van der Waals surface area (Å²) in [6, 6.07) is 16.9. The normalized spacial score (nSPS) is 18.2. The van der Waals surface area contributed by atoms with E-state index >= 15 is 0 Å². The van der Waals surface area contributed by atoms with Crippen molar-refractivity contribution in [3.8, 4) is 17.2 Å². The summed E-state index contributed by atoms with van der Waals surface area (Å²) < 4.78 is 18.5. The number of hydrogen-bond donors (Lipinski definition) is 1. The predicted octanol–water partition coefficient (Wildman–Crippen LogP) is 6.96. The molecule has 0 bridgehead atoms. The molecule has 1 fully saturated rings. The first kappa shape index (κ1) is 30.6. The van der Waals surface area contributed by atoms with Crippen molar-refractivity contribution in [2.45, 2.75) is 77.4 Å². The molecule has 10 nitrogen and oxygen atoms in total. The molecule has 1 aliphatic carbocycles. The quantitative estimate of drug-likeness (QED) is 0.290. The van der Waals surface area contributed by atoms with Gasteiger partial charge in [0.2, 0.25) is 0 Å². The highest BCUT2D eigenvalue weighted by Crippen LogP contribution is 2.56. The van der Waals surface area contributed by atoms with E-state index in [1.165, 1.54) is 0 Å². The molecule has 1 heterocycles. The van der Waals surface area contributed by atoms with Crippen LogP contribution < -0.4 is 4.74 Å². The van der Waals surface area contributed by atoms with Gasteiger partial charge >= 0.3 is 18.2 Å². The third-order valence-electron chi connectivity index (χ3n) is 6.80. The molecule has 4 rings (SSSR count). The summed E-state index contributed by atoms with van der Waals surface area (Å²) in [5.41, 5.74) is -1.41. The van der Waals surface area contributed by atoms with Gasteiger partial charge < -0.3 is 23.9 Å². The second-order valence-electron chi connectivity index (χ2n) is 12.5. The topological polar surface area (TPSA) is 120 Å². The van der Waals surface area contributed by atoms with E-state index < -0.39 is 34.8 Å². The molecule has 1 aliphatic rings. The molecule has 3 aromatic rings. The van der Waals surface area contributed by atoms with Gasteiger partial charge in [-0.2, -0.15) is 0 Å². The smallest absolute Gasteiger partial charge is 0.419 e. The zero-order valence-electron chi connectivity index (χ0n) is 25.0. The largest absolute Gasteiger partial charge is 0.481 e. The third-order valence-corrected chi connectivity index (χ3v) is 6.80. The molecule has 0 aliphatic heterocycles. The minimum absolute atomic E-state index is 0.0435. The minimum Gasteiger partial charge on any atom is -0.481 e. The Labute approximate surface area is 246 Å². The van der Waals surface area contributed by atoms with Gasteiger partial charge in [0.15, 0.2) is 0 Å². The molecule has 0 radical (unpaired) electrons. The van der Waals surface area contributed by atoms with Crippen molar-refractivity contribution in [2.75, 3.05) is 6.54 Å². The van der Waals surface area contributed by atoms with E-state index in [0.717, 1.165) is 16.3 Å². The zero-order valence-corrected chi connectivity index (χ0v) is 25.0. The van der Waals surface area contributed by atoms with Crippen LogP contribution in [-0.2, 0) is 19.7 Å². The SMILES string of the molecule is CC(C)(C)OC(=O)N(CCCC1CC1(C(=O)O)c1cn(-c2ccc(Oc3ccccc3)cc2)cn1)C(=O)OC(C)(C)C. The number of ether oxygens (including phenoxy) is 3. The van der Waals surface area contributed by atoms with Gasteiger partial charge in [-0.15, -0.1) is 0 Å². The van der Waals surface area contributed by atoms with Gasteiger partial charge in [0.1, 0.15) is 28.1 Å². The summed E-state index contributed by atoms with van der Waals surface area (Å²) in [5.74, 6) is 0.277. The number of carboxylic acid groups (broad SMARTS) is 1. The lowest BCUT2D eigenvalue weighted by Crippen LogP contribution is -2.44. The lowest BCUT2D eigenvalue weighted by Gasteiger charge is -2.28. The summed E-state index contributed by atoms with van der Waals surface area (Å²) in [6.45, 7) is 10.4. The number of rotatable bonds is 9. The van der Waals surface area contributed by atoms with Crippen molar-refractivity contribution in [3.63, 3.8) is 0 Å². The number of para-hydroxylation sites is 1. The molecular formula is C32H39N3O7. The van der Waals surface area contributed by atoms with Crippen LogP contribution in [0, 0.1) is 5.92 Å². The summed E-state index contributed by atoms with van der Waals surface area (Å²) in [7, 11) is 0. The van der Waals surface area contributed by atoms with Crippen LogP contribution in [0.3, 0.4) is 0 Å². The number of aliphatic carboxylic acids is 1. The summed E-state index contributed by atoms with van der Waals surface area (Å²) >= 11 is 0. The lowest BCUT2D eigenvalue weighted by atomic mass is 9.97. The molecule has 1 aromatic heterocycles. The number of carbonyl (C=O) groups excluding carboxylic acids is 2. The number of aromatic nitrogens is 2. The summed E-state index contributed by atoms with van der Waals surface area (Å²) in [6.07, 6.45) is 3.05. The van der Waals surface area contributed by atoms with Gasteiger partial charge in [-0.25, -0.2) is 19.5 Å². The number of nitrogens with zero attached hydrogens (tertiary/aromatic N) is 3. The first-order chi connectivity index (χ1) is 19.7. The molecule has 10 heteroatoms. The zero-order chi connectivity index (χ0) is 30.7. The number of carboxylic acids is 1. The lowest BCUT2D eigenvalue weighted by molar-refractivity contribution is -0.140. The van der Waals surface area contributed by atoms with Gasteiger partial charge in [0.05, 0.1) is 12.0 Å². The van der Waals surface area contributed by atoms with E-state index in [0.29, 0.717) is 30.7 Å². The summed E-state index contributed by atoms with van der Waals surface area (Å²) in [4.78, 5) is 43.4. The molecule has 224 valence electrons. The van der Waals surface area contributed by atoms with Crippen molar-refractivity contribution in [1.82, 2.24) is 14.5 Å². The fraction of sp³-hybridized carbons (Fsp3) is 0.438. The van der Waals surface area contributed by atoms with Crippen molar-refractivity contribution >= 4 is 18.2 Å². The maximum absolute atomic E-state index is 12.8. The second kappa shape index (κ2) is 11.9. The van der Waals surface area contributed by atoms with Crippen LogP contribution in [0.4, 0.5) is 9.59 Å². The maximum Gasteiger partial charge on any atom is 0.419 e. The third kappa shape index (κ3) is 7.48. The standard InChI is InChI=1S/C32H39N3O7/c1-30(2,3)41-28(38)35(29(39)42-31(4,5)6)18-10-11-22-19-32(22,27(36)37)26-20-34(21-33-26)23-14-16-25(17-15-23)40-24-12-8-7-9-13-24/h7-9,12-17,20-22H,10-11,18-19H2,1-6H3,(H,36,37). The fourth-order valence-electron chi connectivity index (χ4n) is 4.76. The molecule has 1 saturated carbocycles. The van der Waals surface area contributed by atoms with Gasteiger partial charge in [0.25, 0.3) is 0 Å². The Morgan fingerprint density at radius 3 is 2.05 bits per heavy atom. The number of imide groups is 1. The Kier molecular flexibility index (Phi) is 8.65. The van der Waals surface area contributed by atoms with E-state index in [1.807, 2.05) is 54.6 Å². The minimum atomic E-state index is -1.12. The number of imidazole rings is 1. The van der Waals surface area contributed by atoms with E-state index in [-0.39, 0.29) is 12.5 Å². The van der Waals surface area contributed by atoms with Gasteiger partial charge in [0, 0.05) is 18.4 Å². The number of benzene rings is 2. The van der Waals surface area contributed by atoms with Crippen LogP contribution in [0.25, 0.3) is 5.69 Å². The van der Waals surface area contributed by atoms with Crippen molar-refractivity contribution in [2.24, 2.45) is 5.92 Å². The van der Waals surface area contributed by atoms with Gasteiger partial charge in [-0.1, -0.05) is 18.2 Å². The molecule has 0 saturated heterocycles. The molecule has 1 N–H and O–H groups in total. The Hall–Kier alpha value is -4.34. The van der Waals surface area contributed by atoms with E-state index in [4.69, 9.17) is 14.2 Å². The second-order valence-corrected chi connectivity index (χ2v) is 12.5. The Bertz CT molecular complexity index is 1380. The van der Waals surface area contributed by atoms with E-state index in [1.54, 1.807) is 58.6 Å². The van der Waals surface area contributed by atoms with Crippen LogP contribution in [0.2, 0.25) is 0 Å². The molecule has 0 spiro atoms. The molecular weight excluding hydrogens is 538 g/mol. The summed E-state index contributed by atoms with van der Waals surface area (Å²) in [5, 5.41) is 10.2. The Morgan fingerprint density at radius 1 is 0.929 bits per heavy atom.